The molecule has 2 aliphatic heterocycles. The van der Waals surface area contributed by atoms with Gasteiger partial charge in [-0.1, -0.05) is 0 Å². The van der Waals surface area contributed by atoms with Crippen LogP contribution in [0.15, 0.2) is 23.0 Å². The van der Waals surface area contributed by atoms with Crippen LogP contribution in [0.5, 0.6) is 11.5 Å². The maximum Gasteiger partial charge on any atom is 0.251 e. The minimum Gasteiger partial charge on any atom is -0.486 e. The molecular weight excluding hydrogens is 362 g/mol. The third-order valence-corrected chi connectivity index (χ3v) is 5.27. The fraction of sp³-hybridized carbons (Fsp3) is 0.450. The molecule has 0 aliphatic carbocycles. The van der Waals surface area contributed by atoms with E-state index in [1.54, 1.807) is 15.9 Å². The zero-order valence-corrected chi connectivity index (χ0v) is 15.8. The van der Waals surface area contributed by atoms with Gasteiger partial charge in [0.15, 0.2) is 11.5 Å². The number of piperazine rings is 1. The highest BCUT2D eigenvalue weighted by Crippen LogP contribution is 2.33. The average molecular weight is 385 g/mol. The zero-order valence-electron chi connectivity index (χ0n) is 15.8. The molecule has 28 heavy (non-hydrogen) atoms. The topological polar surface area (TPSA) is 91.9 Å². The third kappa shape index (κ3) is 3.67. The van der Waals surface area contributed by atoms with E-state index in [2.05, 4.69) is 4.98 Å². The van der Waals surface area contributed by atoms with E-state index in [-0.39, 0.29) is 23.8 Å². The number of hydrogen-bond acceptors (Lipinski definition) is 5. The van der Waals surface area contributed by atoms with Crippen molar-refractivity contribution in [2.45, 2.75) is 19.8 Å². The Morgan fingerprint density at radius 1 is 1.00 bits per heavy atom. The number of rotatable bonds is 3. The van der Waals surface area contributed by atoms with Crippen molar-refractivity contribution in [3.63, 3.8) is 0 Å². The van der Waals surface area contributed by atoms with Crippen LogP contribution in [0.3, 0.4) is 0 Å². The Bertz CT molecular complexity index is 976. The maximum atomic E-state index is 12.5. The Kier molecular flexibility index (Phi) is 4.93. The summed E-state index contributed by atoms with van der Waals surface area (Å²) in [5.74, 6) is 1.33. The molecule has 2 amide bonds. The number of H-pyrrole nitrogens is 1. The first-order valence-corrected chi connectivity index (χ1v) is 9.50. The van der Waals surface area contributed by atoms with E-state index >= 15 is 0 Å². The summed E-state index contributed by atoms with van der Waals surface area (Å²) in [4.78, 5) is 42.7. The molecule has 0 bridgehead atoms. The van der Waals surface area contributed by atoms with Crippen LogP contribution in [0.1, 0.15) is 18.9 Å². The van der Waals surface area contributed by atoms with E-state index in [9.17, 15) is 14.4 Å². The van der Waals surface area contributed by atoms with Gasteiger partial charge in [-0.05, 0) is 18.6 Å². The summed E-state index contributed by atoms with van der Waals surface area (Å²) in [5, 5.41) is 0.848. The molecule has 1 fully saturated rings. The fourth-order valence-electron chi connectivity index (χ4n) is 3.64. The molecule has 8 heteroatoms. The van der Waals surface area contributed by atoms with Gasteiger partial charge in [-0.2, -0.15) is 0 Å². The van der Waals surface area contributed by atoms with Crippen molar-refractivity contribution in [2.24, 2.45) is 0 Å². The van der Waals surface area contributed by atoms with E-state index < -0.39 is 0 Å². The predicted octanol–water partition coefficient (Wildman–Crippen LogP) is 0.923. The van der Waals surface area contributed by atoms with Crippen LogP contribution in [-0.2, 0) is 16.0 Å². The molecule has 0 saturated carbocycles. The highest BCUT2D eigenvalue weighted by molar-refractivity contribution is 5.83. The number of hydrogen-bond donors (Lipinski definition) is 1. The molecule has 0 spiro atoms. The molecule has 0 unspecified atom stereocenters. The predicted molar refractivity (Wildman–Crippen MR) is 103 cm³/mol. The van der Waals surface area contributed by atoms with Gasteiger partial charge in [-0.3, -0.25) is 14.4 Å². The lowest BCUT2D eigenvalue weighted by molar-refractivity contribution is -0.138. The largest absolute Gasteiger partial charge is 0.486 e. The Morgan fingerprint density at radius 2 is 1.64 bits per heavy atom. The SMILES string of the molecule is CC(=O)N1CCN(C(=O)CCc2cc3cc4c(cc3[nH]c2=O)OCCO4)CC1. The minimum absolute atomic E-state index is 0.00451. The number of ether oxygens (including phenoxy) is 2. The maximum absolute atomic E-state index is 12.5. The number of nitrogens with one attached hydrogen (secondary N) is 1. The first-order chi connectivity index (χ1) is 13.5. The van der Waals surface area contributed by atoms with Crippen molar-refractivity contribution in [3.05, 3.63) is 34.1 Å². The summed E-state index contributed by atoms with van der Waals surface area (Å²) in [6, 6.07) is 5.44. The quantitative estimate of drug-likeness (QED) is 0.848. The average Bonchev–Trinajstić information content (AvgIpc) is 2.70. The van der Waals surface area contributed by atoms with Crippen molar-refractivity contribution < 1.29 is 19.1 Å². The van der Waals surface area contributed by atoms with Gasteiger partial charge in [0.1, 0.15) is 13.2 Å². The molecular formula is C20H23N3O5. The number of carbonyl (C=O) groups is 2. The van der Waals surface area contributed by atoms with Crippen molar-refractivity contribution >= 4 is 22.7 Å². The van der Waals surface area contributed by atoms with Gasteiger partial charge in [0, 0.05) is 56.5 Å². The van der Waals surface area contributed by atoms with Gasteiger partial charge in [0.25, 0.3) is 5.56 Å². The van der Waals surface area contributed by atoms with Gasteiger partial charge in [0.05, 0.1) is 5.52 Å². The van der Waals surface area contributed by atoms with E-state index in [1.165, 1.54) is 6.92 Å². The number of nitrogens with zero attached hydrogens (tertiary/aromatic N) is 2. The monoisotopic (exact) mass is 385 g/mol. The number of aromatic amines is 1. The Balaban J connectivity index is 1.44. The van der Waals surface area contributed by atoms with Crippen LogP contribution in [0.4, 0.5) is 0 Å². The van der Waals surface area contributed by atoms with E-state index in [1.807, 2.05) is 12.1 Å². The number of aromatic nitrogens is 1. The van der Waals surface area contributed by atoms with Gasteiger partial charge >= 0.3 is 0 Å². The third-order valence-electron chi connectivity index (χ3n) is 5.27. The second-order valence-corrected chi connectivity index (χ2v) is 7.09. The van der Waals surface area contributed by atoms with E-state index in [0.29, 0.717) is 68.4 Å². The van der Waals surface area contributed by atoms with Crippen LogP contribution < -0.4 is 15.0 Å². The number of carbonyl (C=O) groups excluding carboxylic acids is 2. The molecule has 0 atom stereocenters. The molecule has 3 heterocycles. The summed E-state index contributed by atoms with van der Waals surface area (Å²) in [5.41, 5.74) is 1.06. The summed E-state index contributed by atoms with van der Waals surface area (Å²) >= 11 is 0. The van der Waals surface area contributed by atoms with Gasteiger partial charge < -0.3 is 24.3 Å². The highest BCUT2D eigenvalue weighted by Gasteiger charge is 2.22. The first kappa shape index (κ1) is 18.3. The van der Waals surface area contributed by atoms with Crippen molar-refractivity contribution in [3.8, 4) is 11.5 Å². The summed E-state index contributed by atoms with van der Waals surface area (Å²) in [7, 11) is 0. The van der Waals surface area contributed by atoms with Crippen LogP contribution in [0.2, 0.25) is 0 Å². The number of fused-ring (bicyclic) bond motifs is 2. The Hall–Kier alpha value is -3.03. The molecule has 1 N–H and O–H groups in total. The number of aryl methyl sites for hydroxylation is 1. The van der Waals surface area contributed by atoms with Crippen LogP contribution in [-0.4, -0.2) is 66.0 Å². The number of pyridine rings is 1. The van der Waals surface area contributed by atoms with Crippen molar-refractivity contribution in [1.29, 1.82) is 0 Å². The summed E-state index contributed by atoms with van der Waals surface area (Å²) in [6.45, 7) is 4.73. The molecule has 0 radical (unpaired) electrons. The van der Waals surface area contributed by atoms with Gasteiger partial charge in [-0.25, -0.2) is 0 Å². The standard InChI is InChI=1S/C20H23N3O5/c1-13(24)22-4-6-23(7-5-22)19(25)3-2-14-10-15-11-17-18(28-9-8-27-17)12-16(15)21-20(14)26/h10-12H,2-9H2,1H3,(H,21,26). The second kappa shape index (κ2) is 7.53. The lowest BCUT2D eigenvalue weighted by atomic mass is 10.1. The number of benzene rings is 1. The highest BCUT2D eigenvalue weighted by atomic mass is 16.6. The Labute approximate surface area is 162 Å². The van der Waals surface area contributed by atoms with Crippen LogP contribution >= 0.6 is 0 Å². The van der Waals surface area contributed by atoms with Gasteiger partial charge in [0.2, 0.25) is 11.8 Å². The lowest BCUT2D eigenvalue weighted by Gasteiger charge is -2.34. The molecule has 8 nitrogen and oxygen atoms in total. The molecule has 4 rings (SSSR count). The van der Waals surface area contributed by atoms with Crippen LogP contribution in [0.25, 0.3) is 10.9 Å². The zero-order chi connectivity index (χ0) is 19.7. The smallest absolute Gasteiger partial charge is 0.251 e. The summed E-state index contributed by atoms with van der Waals surface area (Å²) in [6.07, 6.45) is 0.630. The molecule has 2 aromatic rings. The van der Waals surface area contributed by atoms with Crippen molar-refractivity contribution in [2.75, 3.05) is 39.4 Å². The second-order valence-electron chi connectivity index (χ2n) is 7.09. The van der Waals surface area contributed by atoms with E-state index in [4.69, 9.17) is 9.47 Å². The molecule has 148 valence electrons. The lowest BCUT2D eigenvalue weighted by Crippen LogP contribution is -2.50. The Morgan fingerprint density at radius 3 is 2.32 bits per heavy atom. The van der Waals surface area contributed by atoms with Gasteiger partial charge in [-0.15, -0.1) is 0 Å². The van der Waals surface area contributed by atoms with E-state index in [0.717, 1.165) is 5.39 Å². The molecule has 1 aromatic carbocycles. The summed E-state index contributed by atoms with van der Waals surface area (Å²) < 4.78 is 11.1. The molecule has 1 saturated heterocycles. The molecule has 1 aromatic heterocycles. The number of amides is 2. The molecule has 2 aliphatic rings. The minimum atomic E-state index is -0.196. The normalized spacial score (nSPS) is 16.3. The van der Waals surface area contributed by atoms with Crippen LogP contribution in [0, 0.1) is 0 Å². The first-order valence-electron chi connectivity index (χ1n) is 9.50. The van der Waals surface area contributed by atoms with Crippen molar-refractivity contribution in [1.82, 2.24) is 14.8 Å². The fourth-order valence-corrected chi connectivity index (χ4v) is 3.64.